The molecule has 1 aliphatic carbocycles. The molecule has 1 aromatic rings. The number of carbonyl (C=O) groups is 1. The average Bonchev–Trinajstić information content (AvgIpc) is 2.85. The summed E-state index contributed by atoms with van der Waals surface area (Å²) in [6, 6.07) is 0. The Morgan fingerprint density at radius 1 is 1.35 bits per heavy atom. The number of carbonyl (C=O) groups excluding carboxylic acids is 1. The monoisotopic (exact) mass is 278 g/mol. The van der Waals surface area contributed by atoms with Gasteiger partial charge in [0.2, 0.25) is 0 Å². The van der Waals surface area contributed by atoms with Crippen molar-refractivity contribution < 1.29 is 9.21 Å². The van der Waals surface area contributed by atoms with Gasteiger partial charge in [-0.1, -0.05) is 32.1 Å². The highest BCUT2D eigenvalue weighted by Crippen LogP contribution is 2.31. The van der Waals surface area contributed by atoms with E-state index in [-0.39, 0.29) is 11.7 Å². The quantitative estimate of drug-likeness (QED) is 0.504. The molecule has 110 valence electrons. The number of hydrogen-bond donors (Lipinski definition) is 2. The number of nitrogens with two attached hydrogens (primary N) is 1. The van der Waals surface area contributed by atoms with Crippen molar-refractivity contribution in [2.24, 2.45) is 10.8 Å². The van der Waals surface area contributed by atoms with Crippen LogP contribution in [0.4, 0.5) is 0 Å². The van der Waals surface area contributed by atoms with E-state index in [1.165, 1.54) is 32.1 Å². The molecule has 1 heterocycles. The second-order valence-electron chi connectivity index (χ2n) is 5.30. The maximum absolute atomic E-state index is 11.7. The van der Waals surface area contributed by atoms with Crippen LogP contribution >= 0.6 is 0 Å². The van der Waals surface area contributed by atoms with Crippen LogP contribution in [0.3, 0.4) is 0 Å². The highest BCUT2D eigenvalue weighted by molar-refractivity contribution is 5.90. The lowest BCUT2D eigenvalue weighted by Gasteiger charge is -2.16. The van der Waals surface area contributed by atoms with E-state index >= 15 is 0 Å². The van der Waals surface area contributed by atoms with Gasteiger partial charge in [-0.3, -0.25) is 4.79 Å². The molecule has 1 fully saturated rings. The number of oxazole rings is 1. The van der Waals surface area contributed by atoms with Crippen molar-refractivity contribution in [3.05, 3.63) is 17.8 Å². The van der Waals surface area contributed by atoms with Gasteiger partial charge < -0.3 is 10.2 Å². The smallest absolute Gasteiger partial charge is 0.327 e. The summed E-state index contributed by atoms with van der Waals surface area (Å²) >= 11 is 0. The summed E-state index contributed by atoms with van der Waals surface area (Å²) in [6.45, 7) is 1.59. The zero-order valence-corrected chi connectivity index (χ0v) is 11.9. The molecule has 1 saturated carbocycles. The van der Waals surface area contributed by atoms with E-state index in [0.717, 1.165) is 18.6 Å². The van der Waals surface area contributed by atoms with Crippen molar-refractivity contribution in [3.8, 4) is 0 Å². The number of nitrogens with zero attached hydrogens (tertiary/aromatic N) is 2. The second-order valence-corrected chi connectivity index (χ2v) is 5.30. The minimum absolute atomic E-state index is 0.0482. The van der Waals surface area contributed by atoms with Crippen LogP contribution in [0.1, 0.15) is 74.2 Å². The van der Waals surface area contributed by atoms with Crippen molar-refractivity contribution in [1.29, 1.82) is 0 Å². The van der Waals surface area contributed by atoms with Gasteiger partial charge in [0.1, 0.15) is 11.6 Å². The van der Waals surface area contributed by atoms with Crippen LogP contribution in [0.25, 0.3) is 0 Å². The molecule has 0 aromatic carbocycles. The van der Waals surface area contributed by atoms with Crippen LogP contribution in [0.15, 0.2) is 15.7 Å². The normalized spacial score (nSPS) is 18.4. The summed E-state index contributed by atoms with van der Waals surface area (Å²) in [6.07, 6.45) is 10.2. The Bertz CT molecular complexity index is 469. The van der Waals surface area contributed by atoms with Crippen LogP contribution < -0.4 is 11.2 Å². The van der Waals surface area contributed by atoms with Crippen molar-refractivity contribution in [1.82, 2.24) is 10.4 Å². The average molecular weight is 278 g/mol. The Labute approximate surface area is 118 Å². The summed E-state index contributed by atoms with van der Waals surface area (Å²) in [4.78, 5) is 15.8. The highest BCUT2D eigenvalue weighted by Gasteiger charge is 2.20. The first-order valence-electron chi connectivity index (χ1n) is 7.22. The molecule has 1 aliphatic rings. The maximum atomic E-state index is 11.7. The van der Waals surface area contributed by atoms with Crippen LogP contribution in [0.2, 0.25) is 0 Å². The van der Waals surface area contributed by atoms with E-state index in [9.17, 15) is 4.79 Å². The highest BCUT2D eigenvalue weighted by atomic mass is 16.4. The molecule has 6 heteroatoms. The van der Waals surface area contributed by atoms with E-state index in [2.05, 4.69) is 15.5 Å². The molecule has 6 nitrogen and oxygen atoms in total. The maximum Gasteiger partial charge on any atom is 0.327 e. The molecule has 1 amide bonds. The van der Waals surface area contributed by atoms with Gasteiger partial charge in [-0.15, -0.1) is 0 Å². The lowest BCUT2D eigenvalue weighted by molar-refractivity contribution is 0.0917. The third kappa shape index (κ3) is 4.08. The van der Waals surface area contributed by atoms with E-state index in [0.29, 0.717) is 5.92 Å². The Morgan fingerprint density at radius 3 is 2.65 bits per heavy atom. The topological polar surface area (TPSA) is 93.5 Å². The van der Waals surface area contributed by atoms with Gasteiger partial charge in [0.25, 0.3) is 5.89 Å². The van der Waals surface area contributed by atoms with Gasteiger partial charge in [0.15, 0.2) is 0 Å². The van der Waals surface area contributed by atoms with Gasteiger partial charge in [0.05, 0.1) is 6.20 Å². The fourth-order valence-corrected chi connectivity index (χ4v) is 2.51. The molecule has 0 unspecified atom stereocenters. The number of amides is 1. The molecule has 0 saturated heterocycles. The van der Waals surface area contributed by atoms with Gasteiger partial charge >= 0.3 is 5.91 Å². The molecule has 0 radical (unpaired) electrons. The predicted molar refractivity (Wildman–Crippen MR) is 76.3 cm³/mol. The number of amidine groups is 1. The van der Waals surface area contributed by atoms with Crippen molar-refractivity contribution in [2.45, 2.75) is 57.8 Å². The number of hydrazone groups is 1. The van der Waals surface area contributed by atoms with Gasteiger partial charge in [0, 0.05) is 5.92 Å². The van der Waals surface area contributed by atoms with Crippen LogP contribution in [-0.2, 0) is 0 Å². The molecule has 0 bridgehead atoms. The molecule has 0 spiro atoms. The van der Waals surface area contributed by atoms with Crippen LogP contribution in [0.5, 0.6) is 0 Å². The van der Waals surface area contributed by atoms with Crippen molar-refractivity contribution in [3.63, 3.8) is 0 Å². The number of aromatic nitrogens is 1. The second kappa shape index (κ2) is 7.07. The minimum atomic E-state index is -0.466. The largest absolute Gasteiger partial charge is 0.437 e. The van der Waals surface area contributed by atoms with E-state index in [1.807, 2.05) is 0 Å². The van der Waals surface area contributed by atoms with E-state index in [4.69, 9.17) is 10.2 Å². The fraction of sp³-hybridized carbons (Fsp3) is 0.643. The summed E-state index contributed by atoms with van der Waals surface area (Å²) in [5.41, 5.74) is 7.66. The van der Waals surface area contributed by atoms with Gasteiger partial charge in [-0.05, 0) is 19.8 Å². The van der Waals surface area contributed by atoms with Gasteiger partial charge in [-0.2, -0.15) is 5.10 Å². The number of rotatable bonds is 3. The molecular formula is C14H22N4O2. The SMILES string of the molecule is CC(N)=NNC(=O)c1ncc(C2CCCCCCC2)o1. The Kier molecular flexibility index (Phi) is 5.15. The molecular weight excluding hydrogens is 256 g/mol. The first-order valence-corrected chi connectivity index (χ1v) is 7.22. The molecule has 20 heavy (non-hydrogen) atoms. The third-order valence-corrected chi connectivity index (χ3v) is 3.56. The Hall–Kier alpha value is -1.85. The molecule has 1 aromatic heterocycles. The first kappa shape index (κ1) is 14.6. The number of nitrogens with one attached hydrogen (secondary N) is 1. The Morgan fingerprint density at radius 2 is 2.00 bits per heavy atom. The van der Waals surface area contributed by atoms with E-state index in [1.54, 1.807) is 13.1 Å². The van der Waals surface area contributed by atoms with Crippen LogP contribution in [-0.4, -0.2) is 16.7 Å². The summed E-state index contributed by atoms with van der Waals surface area (Å²) < 4.78 is 5.58. The number of hydrogen-bond acceptors (Lipinski definition) is 4. The molecule has 0 atom stereocenters. The molecule has 0 aliphatic heterocycles. The molecule has 2 rings (SSSR count). The fourth-order valence-electron chi connectivity index (χ4n) is 2.51. The Balaban J connectivity index is 1.99. The zero-order valence-electron chi connectivity index (χ0n) is 11.9. The van der Waals surface area contributed by atoms with Crippen LogP contribution in [0, 0.1) is 0 Å². The lowest BCUT2D eigenvalue weighted by Crippen LogP contribution is -2.21. The lowest BCUT2D eigenvalue weighted by atomic mass is 9.90. The molecule has 3 N–H and O–H groups in total. The minimum Gasteiger partial charge on any atom is -0.437 e. The predicted octanol–water partition coefficient (Wildman–Crippen LogP) is 2.52. The third-order valence-electron chi connectivity index (χ3n) is 3.56. The van der Waals surface area contributed by atoms with Gasteiger partial charge in [-0.25, -0.2) is 10.4 Å². The zero-order chi connectivity index (χ0) is 14.4. The van der Waals surface area contributed by atoms with Crippen molar-refractivity contribution in [2.75, 3.05) is 0 Å². The summed E-state index contributed by atoms with van der Waals surface area (Å²) in [5.74, 6) is 1.05. The summed E-state index contributed by atoms with van der Waals surface area (Å²) in [7, 11) is 0. The standard InChI is InChI=1S/C14H22N4O2/c1-10(15)17-18-13(19)14-16-9-12(20-14)11-7-5-3-2-4-6-8-11/h9,11H,2-8H2,1H3,(H2,15,17)(H,18,19). The first-order chi connectivity index (χ1) is 9.66. The summed E-state index contributed by atoms with van der Waals surface area (Å²) in [5, 5.41) is 3.64. The van der Waals surface area contributed by atoms with Crippen molar-refractivity contribution >= 4 is 11.7 Å². The van der Waals surface area contributed by atoms with E-state index < -0.39 is 5.91 Å².